The first-order valence-electron chi connectivity index (χ1n) is 10.5. The molecule has 1 heterocycles. The van der Waals surface area contributed by atoms with Gasteiger partial charge in [0, 0.05) is 26.0 Å². The third-order valence-electron chi connectivity index (χ3n) is 6.10. The van der Waals surface area contributed by atoms with Gasteiger partial charge in [-0.05, 0) is 78.4 Å². The molecule has 1 aliphatic carbocycles. The number of para-hydroxylation sites is 1. The van der Waals surface area contributed by atoms with Crippen molar-refractivity contribution < 1.29 is 0 Å². The summed E-state index contributed by atoms with van der Waals surface area (Å²) >= 11 is 25.4. The van der Waals surface area contributed by atoms with Gasteiger partial charge in [0.25, 0.3) is 0 Å². The van der Waals surface area contributed by atoms with Gasteiger partial charge in [-0.2, -0.15) is 5.10 Å². The Morgan fingerprint density at radius 3 is 2.28 bits per heavy atom. The van der Waals surface area contributed by atoms with Crippen molar-refractivity contribution in [3.05, 3.63) is 104 Å². The van der Waals surface area contributed by atoms with E-state index in [1.165, 1.54) is 5.57 Å². The number of hydrazone groups is 1. The minimum atomic E-state index is 0.00144. The second-order valence-electron chi connectivity index (χ2n) is 8.11. The highest BCUT2D eigenvalue weighted by atomic mass is 35.5. The summed E-state index contributed by atoms with van der Waals surface area (Å²) in [6.45, 7) is 0. The molecule has 2 aliphatic rings. The second kappa shape index (κ2) is 9.11. The third kappa shape index (κ3) is 4.18. The van der Waals surface area contributed by atoms with Crippen molar-refractivity contribution >= 4 is 63.9 Å². The van der Waals surface area contributed by atoms with Crippen molar-refractivity contribution in [2.24, 2.45) is 11.0 Å². The molecule has 0 unspecified atom stereocenters. The summed E-state index contributed by atoms with van der Waals surface area (Å²) in [7, 11) is 0. The molecule has 1 saturated carbocycles. The maximum absolute atomic E-state index is 6.69. The van der Waals surface area contributed by atoms with Crippen LogP contribution in [0.4, 0.5) is 5.69 Å². The summed E-state index contributed by atoms with van der Waals surface area (Å²) in [6.07, 6.45) is 5.22. The molecule has 5 rings (SSSR count). The van der Waals surface area contributed by atoms with E-state index in [4.69, 9.17) is 51.5 Å². The van der Waals surface area contributed by atoms with Gasteiger partial charge in [-0.15, -0.1) is 0 Å². The maximum Gasteiger partial charge on any atom is 0.0874 e. The molecule has 0 aromatic heterocycles. The fraction of sp³-hybridized carbons (Fsp3) is 0.192. The van der Waals surface area contributed by atoms with Gasteiger partial charge in [0.05, 0.1) is 17.4 Å². The first-order chi connectivity index (χ1) is 15.5. The van der Waals surface area contributed by atoms with Gasteiger partial charge >= 0.3 is 0 Å². The van der Waals surface area contributed by atoms with Gasteiger partial charge in [0.15, 0.2) is 0 Å². The molecular weight excluding hydrogens is 482 g/mol. The van der Waals surface area contributed by atoms with Gasteiger partial charge < -0.3 is 0 Å². The molecule has 0 amide bonds. The van der Waals surface area contributed by atoms with Crippen LogP contribution >= 0.6 is 46.4 Å². The molecule has 2 nitrogen and oxygen atoms in total. The molecule has 0 spiro atoms. The number of nitrogens with zero attached hydrogens (tertiary/aromatic N) is 2. The topological polar surface area (TPSA) is 15.6 Å². The number of rotatable bonds is 3. The van der Waals surface area contributed by atoms with E-state index in [0.717, 1.165) is 41.8 Å². The monoisotopic (exact) mass is 500 g/mol. The summed E-state index contributed by atoms with van der Waals surface area (Å²) in [4.78, 5) is 0. The molecule has 162 valence electrons. The van der Waals surface area contributed by atoms with Crippen LogP contribution in [0.2, 0.25) is 20.1 Å². The van der Waals surface area contributed by atoms with Crippen molar-refractivity contribution in [2.75, 3.05) is 5.01 Å². The lowest BCUT2D eigenvalue weighted by atomic mass is 9.77. The number of anilines is 1. The molecule has 1 aliphatic heterocycles. The van der Waals surface area contributed by atoms with Crippen molar-refractivity contribution in [1.29, 1.82) is 0 Å². The SMILES string of the molecule is Clc1ccc(/C=C2\CCC[C@@H]3C2=NN(c2ccccc2)[C@@H]3c2ccc(Cl)cc2Cl)c(Cl)c1. The van der Waals surface area contributed by atoms with Crippen molar-refractivity contribution in [1.82, 2.24) is 0 Å². The Bertz CT molecular complexity index is 1220. The zero-order chi connectivity index (χ0) is 22.2. The van der Waals surface area contributed by atoms with Crippen LogP contribution in [0, 0.1) is 5.92 Å². The molecule has 0 N–H and O–H groups in total. The molecule has 1 fully saturated rings. The average Bonchev–Trinajstić information content (AvgIpc) is 3.17. The Balaban J connectivity index is 1.62. The largest absolute Gasteiger partial charge is 0.257 e. The van der Waals surface area contributed by atoms with Gasteiger partial charge in [0.1, 0.15) is 0 Å². The summed E-state index contributed by atoms with van der Waals surface area (Å²) in [6, 6.07) is 21.6. The van der Waals surface area contributed by atoms with Crippen LogP contribution in [0.5, 0.6) is 0 Å². The van der Waals surface area contributed by atoms with E-state index in [2.05, 4.69) is 23.2 Å². The van der Waals surface area contributed by atoms with Crippen LogP contribution in [-0.2, 0) is 0 Å². The quantitative estimate of drug-likeness (QED) is 0.349. The highest BCUT2D eigenvalue weighted by Gasteiger charge is 2.42. The predicted molar refractivity (Wildman–Crippen MR) is 137 cm³/mol. The molecule has 2 atom stereocenters. The minimum Gasteiger partial charge on any atom is -0.257 e. The molecule has 0 radical (unpaired) electrons. The smallest absolute Gasteiger partial charge is 0.0874 e. The summed E-state index contributed by atoms with van der Waals surface area (Å²) < 4.78 is 0. The molecule has 0 saturated heterocycles. The number of hydrogen-bond donors (Lipinski definition) is 0. The molecule has 32 heavy (non-hydrogen) atoms. The zero-order valence-electron chi connectivity index (χ0n) is 17.1. The molecule has 3 aromatic carbocycles. The number of allylic oxidation sites excluding steroid dienone is 1. The van der Waals surface area contributed by atoms with Crippen molar-refractivity contribution in [2.45, 2.75) is 25.3 Å². The van der Waals surface area contributed by atoms with Crippen molar-refractivity contribution in [3.63, 3.8) is 0 Å². The zero-order valence-corrected chi connectivity index (χ0v) is 20.1. The van der Waals surface area contributed by atoms with Gasteiger partial charge in [-0.25, -0.2) is 0 Å². The number of halogens is 4. The van der Waals surface area contributed by atoms with Crippen LogP contribution in [0.3, 0.4) is 0 Å². The van der Waals surface area contributed by atoms with E-state index in [9.17, 15) is 0 Å². The number of hydrogen-bond acceptors (Lipinski definition) is 2. The van der Waals surface area contributed by atoms with Crippen molar-refractivity contribution in [3.8, 4) is 0 Å². The van der Waals surface area contributed by atoms with E-state index in [1.54, 1.807) is 6.07 Å². The molecular formula is C26H20Cl4N2. The first-order valence-corrected chi connectivity index (χ1v) is 12.1. The lowest BCUT2D eigenvalue weighted by Crippen LogP contribution is -2.28. The Morgan fingerprint density at radius 2 is 1.56 bits per heavy atom. The minimum absolute atomic E-state index is 0.00144. The van der Waals surface area contributed by atoms with E-state index in [1.807, 2.05) is 48.5 Å². The summed E-state index contributed by atoms with van der Waals surface area (Å²) in [5.41, 5.74) is 5.33. The second-order valence-corrected chi connectivity index (χ2v) is 9.80. The highest BCUT2D eigenvalue weighted by molar-refractivity contribution is 6.36. The molecule has 3 aromatic rings. The Hall–Kier alpha value is -1.97. The van der Waals surface area contributed by atoms with E-state index in [0.29, 0.717) is 20.1 Å². The molecule has 0 bridgehead atoms. The average molecular weight is 502 g/mol. The van der Waals surface area contributed by atoms with Gasteiger partial charge in [-0.3, -0.25) is 5.01 Å². The Labute approximate surface area is 208 Å². The van der Waals surface area contributed by atoms with Crippen LogP contribution in [-0.4, -0.2) is 5.71 Å². The Kier molecular flexibility index (Phi) is 6.22. The number of benzene rings is 3. The van der Waals surface area contributed by atoms with E-state index in [-0.39, 0.29) is 12.0 Å². The Morgan fingerprint density at radius 1 is 0.844 bits per heavy atom. The van der Waals surface area contributed by atoms with E-state index >= 15 is 0 Å². The maximum atomic E-state index is 6.69. The summed E-state index contributed by atoms with van der Waals surface area (Å²) in [5.74, 6) is 0.222. The lowest BCUT2D eigenvalue weighted by Gasteiger charge is -2.31. The predicted octanol–water partition coefficient (Wildman–Crippen LogP) is 9.10. The van der Waals surface area contributed by atoms with Crippen LogP contribution in [0.25, 0.3) is 6.08 Å². The first kappa shape index (κ1) is 21.9. The third-order valence-corrected chi connectivity index (χ3v) is 7.22. The number of fused-ring (bicyclic) bond motifs is 1. The lowest BCUT2D eigenvalue weighted by molar-refractivity contribution is 0.488. The van der Waals surface area contributed by atoms with Gasteiger partial charge in [0.2, 0.25) is 0 Å². The van der Waals surface area contributed by atoms with Crippen LogP contribution in [0.1, 0.15) is 36.4 Å². The van der Waals surface area contributed by atoms with E-state index < -0.39 is 0 Å². The van der Waals surface area contributed by atoms with Crippen LogP contribution in [0.15, 0.2) is 77.4 Å². The fourth-order valence-corrected chi connectivity index (χ4v) is 5.63. The fourth-order valence-electron chi connectivity index (χ4n) is 4.65. The standard InChI is InChI=1S/C26H20Cl4N2/c27-18-10-9-16(23(29)14-18)13-17-5-4-8-22-25(17)31-32(20-6-2-1-3-7-20)26(22)21-12-11-19(28)15-24(21)30/h1-3,6-7,9-15,22,26H,4-5,8H2/b17-13+/t22-,26-/m1/s1. The normalized spacial score (nSPS) is 21.6. The summed E-state index contributed by atoms with van der Waals surface area (Å²) in [5, 5.41) is 9.82. The molecule has 6 heteroatoms. The van der Waals surface area contributed by atoms with Crippen LogP contribution < -0.4 is 5.01 Å². The highest BCUT2D eigenvalue weighted by Crippen LogP contribution is 2.48. The van der Waals surface area contributed by atoms with Gasteiger partial charge in [-0.1, -0.05) is 76.7 Å².